The number of carbonyl (C=O) groups excluding carboxylic acids is 2. The second-order valence-corrected chi connectivity index (χ2v) is 10.8. The molecule has 6 atom stereocenters. The van der Waals surface area contributed by atoms with E-state index in [1.165, 1.54) is 11.0 Å². The van der Waals surface area contributed by atoms with Crippen LogP contribution in [0.1, 0.15) is 58.1 Å². The van der Waals surface area contributed by atoms with Crippen molar-refractivity contribution in [2.24, 2.45) is 28.5 Å². The van der Waals surface area contributed by atoms with Crippen LogP contribution in [0, 0.1) is 17.8 Å². The van der Waals surface area contributed by atoms with Crippen molar-refractivity contribution in [3.05, 3.63) is 29.8 Å². The molecule has 0 saturated heterocycles. The lowest BCUT2D eigenvalue weighted by atomic mass is 9.84. The van der Waals surface area contributed by atoms with Gasteiger partial charge in [-0.2, -0.15) is 13.2 Å². The minimum atomic E-state index is -4.56. The minimum Gasteiger partial charge on any atom is -0.480 e. The van der Waals surface area contributed by atoms with Crippen LogP contribution in [0.5, 0.6) is 5.75 Å². The van der Waals surface area contributed by atoms with Crippen molar-refractivity contribution in [3.8, 4) is 5.75 Å². The Labute approximate surface area is 214 Å². The fraction of sp³-hybridized carbons (Fsp3) is 0.654. The molecule has 1 aliphatic carbocycles. The van der Waals surface area contributed by atoms with Crippen LogP contribution in [0.25, 0.3) is 0 Å². The van der Waals surface area contributed by atoms with Gasteiger partial charge in [0.25, 0.3) is 0 Å². The number of carbonyl (C=O) groups is 2. The number of nitrogens with one attached hydrogen (secondary N) is 1. The zero-order valence-corrected chi connectivity index (χ0v) is 21.5. The molecule has 0 bridgehead atoms. The van der Waals surface area contributed by atoms with Crippen molar-refractivity contribution in [2.45, 2.75) is 76.4 Å². The third-order valence-corrected chi connectivity index (χ3v) is 7.95. The normalized spacial score (nSPS) is 30.3. The first-order valence-electron chi connectivity index (χ1n) is 12.6. The third-order valence-electron chi connectivity index (χ3n) is 7.95. The lowest BCUT2D eigenvalue weighted by Crippen LogP contribution is -2.57. The monoisotopic (exact) mass is 524 g/mol. The highest BCUT2D eigenvalue weighted by Crippen LogP contribution is 2.47. The van der Waals surface area contributed by atoms with Crippen LogP contribution in [-0.2, 0) is 14.3 Å². The zero-order valence-electron chi connectivity index (χ0n) is 21.5. The number of methoxy groups -OCH3 is 1. The van der Waals surface area contributed by atoms with E-state index < -0.39 is 42.2 Å². The Bertz CT molecular complexity index is 1060. The molecule has 3 aliphatic rings. The Hall–Kier alpha value is -2.82. The number of rotatable bonds is 8. The van der Waals surface area contributed by atoms with Crippen LogP contribution in [0.2, 0.25) is 0 Å². The Kier molecular flexibility index (Phi) is 7.47. The third kappa shape index (κ3) is 5.56. The molecular weight excluding hydrogens is 489 g/mol. The summed E-state index contributed by atoms with van der Waals surface area (Å²) >= 11 is 0. The molecule has 1 aromatic carbocycles. The molecule has 8 nitrogen and oxygen atoms in total. The predicted octanol–water partition coefficient (Wildman–Crippen LogP) is 3.56. The number of nitrogens with zero attached hydrogens (tertiary/aromatic N) is 2. The quantitative estimate of drug-likeness (QED) is 0.541. The number of aliphatic imine (C=N–C) groups is 1. The van der Waals surface area contributed by atoms with Crippen LogP contribution in [-0.4, -0.2) is 60.3 Å². The smallest absolute Gasteiger partial charge is 0.425 e. The van der Waals surface area contributed by atoms with Gasteiger partial charge >= 0.3 is 6.18 Å². The largest absolute Gasteiger partial charge is 0.480 e. The summed E-state index contributed by atoms with van der Waals surface area (Å²) in [5.74, 6) is -0.806. The van der Waals surface area contributed by atoms with Crippen LogP contribution in [0.3, 0.4) is 0 Å². The molecule has 0 unspecified atom stereocenters. The highest BCUT2D eigenvalue weighted by atomic mass is 19.4. The molecule has 1 saturated carbocycles. The molecule has 0 aromatic heterocycles. The Morgan fingerprint density at radius 2 is 2.03 bits per heavy atom. The van der Waals surface area contributed by atoms with Gasteiger partial charge < -0.3 is 20.5 Å². The maximum Gasteiger partial charge on any atom is 0.425 e. The second-order valence-electron chi connectivity index (χ2n) is 10.8. The van der Waals surface area contributed by atoms with Crippen molar-refractivity contribution in [2.75, 3.05) is 13.7 Å². The predicted molar refractivity (Wildman–Crippen MR) is 131 cm³/mol. The maximum absolute atomic E-state index is 13.5. The SMILES string of the molecule is COCC[C@H]([C@H]1C[C@@H]1C(=O)N[C@@H]1C[C@@H](C(F)(F)F)Oc2ccccc21)N1C(=O)C[C@@](C)(C(C)C)N=C1N. The molecule has 11 heteroatoms. The number of hydrogen-bond donors (Lipinski definition) is 2. The summed E-state index contributed by atoms with van der Waals surface area (Å²) in [5, 5.41) is 2.82. The van der Waals surface area contributed by atoms with E-state index >= 15 is 0 Å². The summed E-state index contributed by atoms with van der Waals surface area (Å²) in [6.45, 7) is 6.23. The summed E-state index contributed by atoms with van der Waals surface area (Å²) in [5.41, 5.74) is 6.21. The highest BCUT2D eigenvalue weighted by molar-refractivity contribution is 5.99. The van der Waals surface area contributed by atoms with Crippen LogP contribution in [0.4, 0.5) is 13.2 Å². The molecule has 4 rings (SSSR count). The lowest BCUT2D eigenvalue weighted by molar-refractivity contribution is -0.201. The van der Waals surface area contributed by atoms with Gasteiger partial charge in [-0.05, 0) is 37.7 Å². The van der Waals surface area contributed by atoms with Gasteiger partial charge in [0.15, 0.2) is 12.1 Å². The molecule has 1 fully saturated rings. The number of halogens is 3. The Morgan fingerprint density at radius 3 is 2.65 bits per heavy atom. The number of para-hydroxylation sites is 1. The molecular formula is C26H35F3N4O4. The summed E-state index contributed by atoms with van der Waals surface area (Å²) < 4.78 is 50.8. The number of fused-ring (bicyclic) bond motifs is 1. The van der Waals surface area contributed by atoms with E-state index in [1.54, 1.807) is 25.3 Å². The van der Waals surface area contributed by atoms with Crippen molar-refractivity contribution >= 4 is 17.8 Å². The summed E-state index contributed by atoms with van der Waals surface area (Å²) in [6, 6.07) is 5.20. The van der Waals surface area contributed by atoms with Gasteiger partial charge in [0, 0.05) is 37.7 Å². The van der Waals surface area contributed by atoms with Crippen LogP contribution >= 0.6 is 0 Å². The van der Waals surface area contributed by atoms with Gasteiger partial charge in [0.1, 0.15) is 5.75 Å². The number of ether oxygens (including phenoxy) is 2. The molecule has 2 aliphatic heterocycles. The van der Waals surface area contributed by atoms with E-state index in [2.05, 4.69) is 10.3 Å². The maximum atomic E-state index is 13.5. The average molecular weight is 525 g/mol. The van der Waals surface area contributed by atoms with Gasteiger partial charge in [-0.3, -0.25) is 14.5 Å². The number of amides is 2. The van der Waals surface area contributed by atoms with Crippen molar-refractivity contribution < 1.29 is 32.2 Å². The molecule has 0 radical (unpaired) electrons. The topological polar surface area (TPSA) is 106 Å². The number of alkyl halides is 3. The van der Waals surface area contributed by atoms with Gasteiger partial charge in [0.2, 0.25) is 11.8 Å². The number of hydrogen-bond acceptors (Lipinski definition) is 6. The van der Waals surface area contributed by atoms with Gasteiger partial charge in [-0.25, -0.2) is 4.99 Å². The van der Waals surface area contributed by atoms with Crippen molar-refractivity contribution in [1.29, 1.82) is 0 Å². The zero-order chi connectivity index (χ0) is 27.1. The summed E-state index contributed by atoms with van der Waals surface area (Å²) in [6.07, 6.45) is -5.81. The Morgan fingerprint density at radius 1 is 1.32 bits per heavy atom. The number of nitrogens with two attached hydrogens (primary N) is 1. The molecule has 37 heavy (non-hydrogen) atoms. The minimum absolute atomic E-state index is 0.108. The first-order chi connectivity index (χ1) is 17.4. The number of benzene rings is 1. The molecule has 2 amide bonds. The number of guanidine groups is 1. The van der Waals surface area contributed by atoms with Crippen molar-refractivity contribution in [1.82, 2.24) is 10.2 Å². The standard InChI is InChI=1S/C26H35F3N4O4/c1-14(2)25(3)13-22(34)33(24(30)32-25)19(9-10-36-4)16-11-17(16)23(35)31-18-12-21(26(27,28)29)37-20-8-6-5-7-15(18)20/h5-8,14,16-19,21H,9-13H2,1-4H3,(H2,30,32)(H,31,35)/t16-,17-,18+,19+,21-,25-/m0/s1. The van der Waals surface area contributed by atoms with Crippen LogP contribution < -0.4 is 15.8 Å². The summed E-state index contributed by atoms with van der Waals surface area (Å²) in [4.78, 5) is 32.6. The second kappa shape index (κ2) is 10.2. The fourth-order valence-corrected chi connectivity index (χ4v) is 5.31. The lowest BCUT2D eigenvalue weighted by Gasteiger charge is -2.41. The molecule has 1 aromatic rings. The average Bonchev–Trinajstić information content (AvgIpc) is 3.61. The van der Waals surface area contributed by atoms with Gasteiger partial charge in [-0.15, -0.1) is 0 Å². The summed E-state index contributed by atoms with van der Waals surface area (Å²) in [7, 11) is 1.55. The molecule has 204 valence electrons. The molecule has 3 N–H and O–H groups in total. The van der Waals surface area contributed by atoms with E-state index in [0.717, 1.165) is 0 Å². The van der Waals surface area contributed by atoms with E-state index in [0.29, 0.717) is 25.0 Å². The molecule has 2 heterocycles. The fourth-order valence-electron chi connectivity index (χ4n) is 5.31. The van der Waals surface area contributed by atoms with E-state index in [4.69, 9.17) is 15.2 Å². The van der Waals surface area contributed by atoms with Crippen molar-refractivity contribution in [3.63, 3.8) is 0 Å². The first-order valence-corrected chi connectivity index (χ1v) is 12.6. The van der Waals surface area contributed by atoms with Gasteiger partial charge in [0.05, 0.1) is 18.0 Å². The van der Waals surface area contributed by atoms with Crippen LogP contribution in [0.15, 0.2) is 29.3 Å². The first kappa shape index (κ1) is 27.2. The molecule has 0 spiro atoms. The van der Waals surface area contributed by atoms with Gasteiger partial charge in [-0.1, -0.05) is 32.0 Å². The highest BCUT2D eigenvalue weighted by Gasteiger charge is 2.53. The van der Waals surface area contributed by atoms with E-state index in [-0.39, 0.29) is 41.8 Å². The Balaban J connectivity index is 1.51. The van der Waals surface area contributed by atoms with E-state index in [9.17, 15) is 22.8 Å². The van der Waals surface area contributed by atoms with E-state index in [1.807, 2.05) is 20.8 Å².